The smallest absolute Gasteiger partial charge is 0.240 e. The van der Waals surface area contributed by atoms with Gasteiger partial charge in [0, 0.05) is 24.7 Å². The molecular weight excluding hydrogens is 238 g/mol. The summed E-state index contributed by atoms with van der Waals surface area (Å²) in [4.78, 5) is 2.48. The van der Waals surface area contributed by atoms with Gasteiger partial charge in [0.15, 0.2) is 0 Å². The molecule has 1 heterocycles. The van der Waals surface area contributed by atoms with Gasteiger partial charge in [-0.2, -0.15) is 0 Å². The van der Waals surface area contributed by atoms with Crippen molar-refractivity contribution in [1.82, 2.24) is 4.72 Å². The molecule has 0 radical (unpaired) electrons. The summed E-state index contributed by atoms with van der Waals surface area (Å²) >= 11 is 0. The number of hydrogen-bond acceptors (Lipinski definition) is 4. The Labute approximate surface area is 102 Å². The van der Waals surface area contributed by atoms with Crippen molar-refractivity contribution < 1.29 is 8.42 Å². The van der Waals surface area contributed by atoms with Crippen LogP contribution in [0.2, 0.25) is 0 Å². The van der Waals surface area contributed by atoms with E-state index in [2.05, 4.69) is 9.62 Å². The molecule has 1 fully saturated rings. The molecular formula is C11H17N3O2S. The van der Waals surface area contributed by atoms with Gasteiger partial charge in [-0.1, -0.05) is 0 Å². The standard InChI is InChI=1S/C11H17N3O2S/c1-13-17(15,16)11-4-2-10(3-5-11)14-7-9(6-12)8-14/h2-5,9,13H,6-8,12H2,1H3. The number of anilines is 1. The summed E-state index contributed by atoms with van der Waals surface area (Å²) in [5.74, 6) is 0.565. The van der Waals surface area contributed by atoms with E-state index in [4.69, 9.17) is 5.73 Å². The maximum Gasteiger partial charge on any atom is 0.240 e. The first-order valence-electron chi connectivity index (χ1n) is 5.55. The molecule has 1 aliphatic heterocycles. The molecule has 0 bridgehead atoms. The second-order valence-corrected chi connectivity index (χ2v) is 6.09. The Bertz CT molecular complexity index is 478. The highest BCUT2D eigenvalue weighted by atomic mass is 32.2. The molecule has 1 aliphatic rings. The SMILES string of the molecule is CNS(=O)(=O)c1ccc(N2CC(CN)C2)cc1. The van der Waals surface area contributed by atoms with Gasteiger partial charge >= 0.3 is 0 Å². The first-order valence-corrected chi connectivity index (χ1v) is 7.04. The summed E-state index contributed by atoms with van der Waals surface area (Å²) < 4.78 is 25.3. The summed E-state index contributed by atoms with van der Waals surface area (Å²) in [5, 5.41) is 0. The summed E-state index contributed by atoms with van der Waals surface area (Å²) in [7, 11) is -1.93. The van der Waals surface area contributed by atoms with Gasteiger partial charge in [0.25, 0.3) is 0 Å². The summed E-state index contributed by atoms with van der Waals surface area (Å²) in [6.07, 6.45) is 0. The van der Waals surface area contributed by atoms with Crippen LogP contribution in [0.15, 0.2) is 29.2 Å². The van der Waals surface area contributed by atoms with Crippen LogP contribution in [0.1, 0.15) is 0 Å². The fourth-order valence-corrected chi connectivity index (χ4v) is 2.61. The Balaban J connectivity index is 2.10. The third-order valence-corrected chi connectivity index (χ3v) is 4.50. The Kier molecular flexibility index (Phi) is 3.37. The summed E-state index contributed by atoms with van der Waals surface area (Å²) in [6, 6.07) is 6.90. The number of nitrogens with two attached hydrogens (primary N) is 1. The number of nitrogens with one attached hydrogen (secondary N) is 1. The zero-order chi connectivity index (χ0) is 12.5. The number of hydrogen-bond donors (Lipinski definition) is 2. The van der Waals surface area contributed by atoms with Crippen LogP contribution in [0.3, 0.4) is 0 Å². The van der Waals surface area contributed by atoms with Gasteiger partial charge in [0.05, 0.1) is 4.90 Å². The highest BCUT2D eigenvalue weighted by molar-refractivity contribution is 7.89. The molecule has 1 aromatic carbocycles. The lowest BCUT2D eigenvalue weighted by Crippen LogP contribution is -2.49. The third kappa shape index (κ3) is 2.43. The van der Waals surface area contributed by atoms with Crippen molar-refractivity contribution in [1.29, 1.82) is 0 Å². The van der Waals surface area contributed by atoms with E-state index in [0.717, 1.165) is 18.8 Å². The van der Waals surface area contributed by atoms with E-state index in [9.17, 15) is 8.42 Å². The molecule has 1 aromatic rings. The van der Waals surface area contributed by atoms with Crippen LogP contribution in [-0.4, -0.2) is 35.1 Å². The minimum Gasteiger partial charge on any atom is -0.371 e. The normalized spacial score (nSPS) is 16.9. The van der Waals surface area contributed by atoms with Crippen molar-refractivity contribution in [2.75, 3.05) is 31.6 Å². The molecule has 6 heteroatoms. The second kappa shape index (κ2) is 4.64. The predicted octanol–water partition coefficient (Wildman–Crippen LogP) is -0.0104. The van der Waals surface area contributed by atoms with Gasteiger partial charge in [0.1, 0.15) is 0 Å². The average Bonchev–Trinajstić information content (AvgIpc) is 2.28. The lowest BCUT2D eigenvalue weighted by Gasteiger charge is -2.40. The molecule has 0 aliphatic carbocycles. The van der Waals surface area contributed by atoms with E-state index >= 15 is 0 Å². The summed E-state index contributed by atoms with van der Waals surface area (Å²) in [5.41, 5.74) is 6.61. The first-order chi connectivity index (χ1) is 8.06. The fraction of sp³-hybridized carbons (Fsp3) is 0.455. The van der Waals surface area contributed by atoms with E-state index in [1.54, 1.807) is 12.1 Å². The Morgan fingerprint density at radius 1 is 1.35 bits per heavy atom. The predicted molar refractivity (Wildman–Crippen MR) is 67.4 cm³/mol. The molecule has 94 valence electrons. The zero-order valence-electron chi connectivity index (χ0n) is 9.76. The van der Waals surface area contributed by atoms with Crippen molar-refractivity contribution in [3.63, 3.8) is 0 Å². The maximum absolute atomic E-state index is 11.5. The summed E-state index contributed by atoms with van der Waals surface area (Å²) in [6.45, 7) is 2.62. The molecule has 0 amide bonds. The van der Waals surface area contributed by atoms with Gasteiger partial charge in [-0.3, -0.25) is 0 Å². The minimum atomic E-state index is -3.33. The van der Waals surface area contributed by atoms with Crippen molar-refractivity contribution in [2.45, 2.75) is 4.90 Å². The van der Waals surface area contributed by atoms with E-state index in [-0.39, 0.29) is 0 Å². The van der Waals surface area contributed by atoms with Crippen LogP contribution in [0.5, 0.6) is 0 Å². The van der Waals surface area contributed by atoms with Gasteiger partial charge < -0.3 is 10.6 Å². The van der Waals surface area contributed by atoms with Crippen molar-refractivity contribution in [3.8, 4) is 0 Å². The lowest BCUT2D eigenvalue weighted by atomic mass is 10.00. The van der Waals surface area contributed by atoms with E-state index in [1.807, 2.05) is 12.1 Å². The molecule has 1 saturated heterocycles. The lowest BCUT2D eigenvalue weighted by molar-refractivity contribution is 0.420. The molecule has 0 atom stereocenters. The fourth-order valence-electron chi connectivity index (χ4n) is 1.88. The average molecular weight is 255 g/mol. The van der Waals surface area contributed by atoms with Gasteiger partial charge in [-0.15, -0.1) is 0 Å². The van der Waals surface area contributed by atoms with Gasteiger partial charge in [0.2, 0.25) is 10.0 Å². The molecule has 0 unspecified atom stereocenters. The molecule has 3 N–H and O–H groups in total. The van der Waals surface area contributed by atoms with Crippen LogP contribution in [0.4, 0.5) is 5.69 Å². The molecule has 5 nitrogen and oxygen atoms in total. The van der Waals surface area contributed by atoms with Gasteiger partial charge in [-0.25, -0.2) is 13.1 Å². The van der Waals surface area contributed by atoms with Crippen LogP contribution in [0.25, 0.3) is 0 Å². The number of sulfonamides is 1. The maximum atomic E-state index is 11.5. The van der Waals surface area contributed by atoms with Crippen LogP contribution in [-0.2, 0) is 10.0 Å². The molecule has 17 heavy (non-hydrogen) atoms. The van der Waals surface area contributed by atoms with Crippen LogP contribution in [0, 0.1) is 5.92 Å². The van der Waals surface area contributed by atoms with Gasteiger partial charge in [-0.05, 0) is 37.9 Å². The third-order valence-electron chi connectivity index (χ3n) is 3.07. The molecule has 0 saturated carbocycles. The second-order valence-electron chi connectivity index (χ2n) is 4.21. The Morgan fingerprint density at radius 2 is 1.94 bits per heavy atom. The highest BCUT2D eigenvalue weighted by Gasteiger charge is 2.25. The van der Waals surface area contributed by atoms with Crippen LogP contribution >= 0.6 is 0 Å². The molecule has 0 aromatic heterocycles. The zero-order valence-corrected chi connectivity index (χ0v) is 10.6. The molecule has 0 spiro atoms. The number of nitrogens with zero attached hydrogens (tertiary/aromatic N) is 1. The van der Waals surface area contributed by atoms with Crippen molar-refractivity contribution in [2.24, 2.45) is 11.7 Å². The minimum absolute atomic E-state index is 0.291. The Hall–Kier alpha value is -1.11. The van der Waals surface area contributed by atoms with E-state index in [1.165, 1.54) is 7.05 Å². The first kappa shape index (κ1) is 12.3. The molecule has 2 rings (SSSR count). The Morgan fingerprint density at radius 3 is 2.41 bits per heavy atom. The van der Waals surface area contributed by atoms with E-state index in [0.29, 0.717) is 17.4 Å². The highest BCUT2D eigenvalue weighted by Crippen LogP contribution is 2.25. The quantitative estimate of drug-likeness (QED) is 0.793. The van der Waals surface area contributed by atoms with Crippen molar-refractivity contribution >= 4 is 15.7 Å². The van der Waals surface area contributed by atoms with Crippen LogP contribution < -0.4 is 15.4 Å². The number of benzene rings is 1. The van der Waals surface area contributed by atoms with Crippen molar-refractivity contribution in [3.05, 3.63) is 24.3 Å². The largest absolute Gasteiger partial charge is 0.371 e. The van der Waals surface area contributed by atoms with E-state index < -0.39 is 10.0 Å². The topological polar surface area (TPSA) is 75.4 Å². The monoisotopic (exact) mass is 255 g/mol. The number of rotatable bonds is 4.